The summed E-state index contributed by atoms with van der Waals surface area (Å²) in [6, 6.07) is 5.55. The molecule has 0 spiro atoms. The number of aromatic nitrogens is 3. The highest BCUT2D eigenvalue weighted by molar-refractivity contribution is 7.98. The SMILES string of the molecule is CC(C)(C)c1cnc(SCc2nc(-c3ccc4c(c3)OCO4)no2)o1. The Hall–Kier alpha value is -2.48. The van der Waals surface area contributed by atoms with Gasteiger partial charge in [-0.1, -0.05) is 37.7 Å². The molecule has 0 atom stereocenters. The van der Waals surface area contributed by atoms with Crippen molar-refractivity contribution in [3.63, 3.8) is 0 Å². The molecule has 0 saturated carbocycles. The topological polar surface area (TPSA) is 83.4 Å². The minimum Gasteiger partial charge on any atom is -0.454 e. The third-order valence-corrected chi connectivity index (χ3v) is 4.47. The van der Waals surface area contributed by atoms with Gasteiger partial charge >= 0.3 is 0 Å². The van der Waals surface area contributed by atoms with Crippen LogP contribution in [0.2, 0.25) is 0 Å². The predicted octanol–water partition coefficient (Wildman–Crippen LogP) is 4.04. The molecule has 0 unspecified atom stereocenters. The molecule has 7 nitrogen and oxygen atoms in total. The van der Waals surface area contributed by atoms with Gasteiger partial charge in [-0.15, -0.1) is 0 Å². The Morgan fingerprint density at radius 3 is 2.80 bits per heavy atom. The molecule has 3 aromatic rings. The molecule has 0 aliphatic carbocycles. The average Bonchev–Trinajstić information content (AvgIpc) is 3.31. The van der Waals surface area contributed by atoms with Gasteiger partial charge in [0.25, 0.3) is 5.22 Å². The smallest absolute Gasteiger partial charge is 0.256 e. The first-order valence-electron chi connectivity index (χ1n) is 7.81. The molecule has 0 saturated heterocycles. The Bertz CT molecular complexity index is 897. The van der Waals surface area contributed by atoms with Crippen molar-refractivity contribution in [1.82, 2.24) is 15.1 Å². The third kappa shape index (κ3) is 3.34. The van der Waals surface area contributed by atoms with Crippen LogP contribution in [0, 0.1) is 0 Å². The summed E-state index contributed by atoms with van der Waals surface area (Å²) in [5.74, 6) is 3.77. The first-order chi connectivity index (χ1) is 12.0. The van der Waals surface area contributed by atoms with Gasteiger partial charge in [0.15, 0.2) is 11.5 Å². The lowest BCUT2D eigenvalue weighted by Crippen LogP contribution is -2.09. The van der Waals surface area contributed by atoms with Gasteiger partial charge in [-0.05, 0) is 18.2 Å². The van der Waals surface area contributed by atoms with E-state index in [0.29, 0.717) is 28.4 Å². The van der Waals surface area contributed by atoms with Crippen LogP contribution >= 0.6 is 11.8 Å². The Labute approximate surface area is 148 Å². The van der Waals surface area contributed by atoms with Crippen LogP contribution in [0.15, 0.2) is 38.6 Å². The fourth-order valence-electron chi connectivity index (χ4n) is 2.26. The van der Waals surface area contributed by atoms with E-state index in [1.165, 1.54) is 11.8 Å². The van der Waals surface area contributed by atoms with Gasteiger partial charge in [-0.3, -0.25) is 0 Å². The summed E-state index contributed by atoms with van der Waals surface area (Å²) in [6.07, 6.45) is 1.76. The molecule has 0 fully saturated rings. The second-order valence-electron chi connectivity index (χ2n) is 6.61. The van der Waals surface area contributed by atoms with Crippen molar-refractivity contribution in [3.05, 3.63) is 36.0 Å². The van der Waals surface area contributed by atoms with Gasteiger partial charge in [0.2, 0.25) is 18.5 Å². The summed E-state index contributed by atoms with van der Waals surface area (Å²) in [4.78, 5) is 8.69. The number of thioether (sulfide) groups is 1. The molecule has 1 aliphatic rings. The fourth-order valence-corrected chi connectivity index (χ4v) is 2.90. The van der Waals surface area contributed by atoms with Crippen LogP contribution < -0.4 is 9.47 Å². The molecule has 0 N–H and O–H groups in total. The Balaban J connectivity index is 1.44. The van der Waals surface area contributed by atoms with Gasteiger partial charge in [0.05, 0.1) is 11.9 Å². The maximum Gasteiger partial charge on any atom is 0.256 e. The molecule has 4 rings (SSSR count). The van der Waals surface area contributed by atoms with Crippen LogP contribution in [-0.2, 0) is 11.2 Å². The van der Waals surface area contributed by atoms with Crippen LogP contribution in [0.1, 0.15) is 32.4 Å². The van der Waals surface area contributed by atoms with E-state index < -0.39 is 0 Å². The van der Waals surface area contributed by atoms with Crippen LogP contribution in [-0.4, -0.2) is 21.9 Å². The van der Waals surface area contributed by atoms with Gasteiger partial charge in [-0.25, -0.2) is 4.98 Å². The number of ether oxygens (including phenoxy) is 2. The summed E-state index contributed by atoms with van der Waals surface area (Å²) in [5, 5.41) is 4.61. The van der Waals surface area contributed by atoms with Crippen molar-refractivity contribution in [3.8, 4) is 22.9 Å². The molecule has 0 bridgehead atoms. The number of fused-ring (bicyclic) bond motifs is 1. The molecule has 0 radical (unpaired) electrons. The summed E-state index contributed by atoms with van der Waals surface area (Å²) in [6.45, 7) is 6.48. The van der Waals surface area contributed by atoms with Crippen molar-refractivity contribution in [2.45, 2.75) is 37.2 Å². The molecule has 2 aromatic heterocycles. The molecular formula is C17H17N3O4S. The van der Waals surface area contributed by atoms with E-state index in [4.69, 9.17) is 18.4 Å². The molecule has 0 amide bonds. The van der Waals surface area contributed by atoms with E-state index in [-0.39, 0.29) is 12.2 Å². The van der Waals surface area contributed by atoms with Crippen LogP contribution in [0.4, 0.5) is 0 Å². The van der Waals surface area contributed by atoms with Gasteiger partial charge in [0.1, 0.15) is 5.76 Å². The van der Waals surface area contributed by atoms with Crippen molar-refractivity contribution >= 4 is 11.8 Å². The third-order valence-electron chi connectivity index (χ3n) is 3.64. The van der Waals surface area contributed by atoms with E-state index in [0.717, 1.165) is 17.1 Å². The average molecular weight is 359 g/mol. The Morgan fingerprint density at radius 2 is 2.00 bits per heavy atom. The first-order valence-corrected chi connectivity index (χ1v) is 8.79. The number of hydrogen-bond donors (Lipinski definition) is 0. The Morgan fingerprint density at radius 1 is 1.16 bits per heavy atom. The maximum absolute atomic E-state index is 5.74. The van der Waals surface area contributed by atoms with E-state index in [1.54, 1.807) is 6.20 Å². The van der Waals surface area contributed by atoms with Crippen LogP contribution in [0.25, 0.3) is 11.4 Å². The summed E-state index contributed by atoms with van der Waals surface area (Å²) >= 11 is 1.42. The molecular weight excluding hydrogens is 342 g/mol. The van der Waals surface area contributed by atoms with Gasteiger partial charge in [-0.2, -0.15) is 4.98 Å². The fraction of sp³-hybridized carbons (Fsp3) is 0.353. The summed E-state index contributed by atoms with van der Waals surface area (Å²) < 4.78 is 21.7. The van der Waals surface area contributed by atoms with Crippen LogP contribution in [0.3, 0.4) is 0 Å². The molecule has 130 valence electrons. The standard InChI is InChI=1S/C17H17N3O4S/c1-17(2,3)13-7-18-16(23-13)25-8-14-19-15(20-24-14)10-4-5-11-12(6-10)22-9-21-11/h4-7H,8-9H2,1-3H3. The zero-order valence-electron chi connectivity index (χ0n) is 14.1. The van der Waals surface area contributed by atoms with Crippen molar-refractivity contribution in [1.29, 1.82) is 0 Å². The van der Waals surface area contributed by atoms with E-state index >= 15 is 0 Å². The molecule has 1 aliphatic heterocycles. The number of rotatable bonds is 4. The first kappa shape index (κ1) is 16.0. The van der Waals surface area contributed by atoms with E-state index in [1.807, 2.05) is 18.2 Å². The van der Waals surface area contributed by atoms with Gasteiger partial charge in [0, 0.05) is 11.0 Å². The van der Waals surface area contributed by atoms with Crippen molar-refractivity contribution in [2.24, 2.45) is 0 Å². The number of hydrogen-bond acceptors (Lipinski definition) is 8. The minimum atomic E-state index is -0.0666. The molecule has 3 heterocycles. The van der Waals surface area contributed by atoms with Crippen molar-refractivity contribution < 1.29 is 18.4 Å². The number of oxazole rings is 1. The minimum absolute atomic E-state index is 0.0666. The lowest BCUT2D eigenvalue weighted by molar-refractivity contribution is 0.174. The van der Waals surface area contributed by atoms with E-state index in [9.17, 15) is 0 Å². The molecule has 1 aromatic carbocycles. The second-order valence-corrected chi connectivity index (χ2v) is 7.54. The van der Waals surface area contributed by atoms with Crippen molar-refractivity contribution in [2.75, 3.05) is 6.79 Å². The van der Waals surface area contributed by atoms with Crippen LogP contribution in [0.5, 0.6) is 11.5 Å². The zero-order chi connectivity index (χ0) is 17.4. The number of benzene rings is 1. The zero-order valence-corrected chi connectivity index (χ0v) is 14.9. The van der Waals surface area contributed by atoms with Gasteiger partial charge < -0.3 is 18.4 Å². The predicted molar refractivity (Wildman–Crippen MR) is 90.6 cm³/mol. The highest BCUT2D eigenvalue weighted by atomic mass is 32.2. The Kier molecular flexibility index (Phi) is 3.91. The summed E-state index contributed by atoms with van der Waals surface area (Å²) in [7, 11) is 0. The monoisotopic (exact) mass is 359 g/mol. The second kappa shape index (κ2) is 6.11. The maximum atomic E-state index is 5.74. The lowest BCUT2D eigenvalue weighted by atomic mass is 9.94. The summed E-state index contributed by atoms with van der Waals surface area (Å²) in [5.41, 5.74) is 0.749. The van der Waals surface area contributed by atoms with E-state index in [2.05, 4.69) is 35.9 Å². The highest BCUT2D eigenvalue weighted by Crippen LogP contribution is 2.35. The molecule has 25 heavy (non-hydrogen) atoms. The largest absolute Gasteiger partial charge is 0.454 e. The molecule has 8 heteroatoms. The number of nitrogens with zero attached hydrogens (tertiary/aromatic N) is 3. The normalized spacial score (nSPS) is 13.4. The lowest BCUT2D eigenvalue weighted by Gasteiger charge is -2.12. The quantitative estimate of drug-likeness (QED) is 0.645. The highest BCUT2D eigenvalue weighted by Gasteiger charge is 2.20.